The lowest BCUT2D eigenvalue weighted by molar-refractivity contribution is -0.126. The number of hydrogen-bond donors (Lipinski definition) is 0. The zero-order chi connectivity index (χ0) is 14.7. The number of carbonyl (C=O) groups excluding carboxylic acids is 1. The van der Waals surface area contributed by atoms with Gasteiger partial charge in [0.2, 0.25) is 5.91 Å². The van der Waals surface area contributed by atoms with Gasteiger partial charge in [-0.2, -0.15) is 0 Å². The van der Waals surface area contributed by atoms with Gasteiger partial charge in [-0.05, 0) is 23.8 Å². The first-order valence-corrected chi connectivity index (χ1v) is 7.66. The second-order valence-electron chi connectivity index (χ2n) is 4.84. The predicted octanol–water partition coefficient (Wildman–Crippen LogP) is 2.75. The van der Waals surface area contributed by atoms with Gasteiger partial charge in [0, 0.05) is 23.9 Å². The third kappa shape index (κ3) is 3.13. The standard InChI is InChI=1S/C16H16N2O2S/c1-20-13-5-2-12(3-6-13)4-7-16(19)18-9-8-14-15(10-18)21-11-17-14/h2-7,11H,8-10H2,1H3/b7-4+. The topological polar surface area (TPSA) is 42.4 Å². The first-order chi connectivity index (χ1) is 10.3. The zero-order valence-corrected chi connectivity index (χ0v) is 12.6. The van der Waals surface area contributed by atoms with Crippen LogP contribution in [0.4, 0.5) is 0 Å². The first kappa shape index (κ1) is 13.8. The minimum absolute atomic E-state index is 0.0462. The van der Waals surface area contributed by atoms with Crippen molar-refractivity contribution in [2.45, 2.75) is 13.0 Å². The van der Waals surface area contributed by atoms with Crippen LogP contribution in [0.15, 0.2) is 35.9 Å². The van der Waals surface area contributed by atoms with Gasteiger partial charge < -0.3 is 9.64 Å². The van der Waals surface area contributed by atoms with Crippen LogP contribution in [0.3, 0.4) is 0 Å². The highest BCUT2D eigenvalue weighted by Crippen LogP contribution is 2.22. The van der Waals surface area contributed by atoms with Crippen LogP contribution in [0, 0.1) is 0 Å². The number of ether oxygens (including phenoxy) is 1. The molecule has 0 bridgehead atoms. The molecule has 21 heavy (non-hydrogen) atoms. The number of amides is 1. The Morgan fingerprint density at radius 3 is 2.95 bits per heavy atom. The number of benzene rings is 1. The van der Waals surface area contributed by atoms with E-state index in [9.17, 15) is 4.79 Å². The molecule has 2 aromatic rings. The van der Waals surface area contributed by atoms with Crippen molar-refractivity contribution in [2.24, 2.45) is 0 Å². The van der Waals surface area contributed by atoms with Crippen molar-refractivity contribution in [1.82, 2.24) is 9.88 Å². The summed E-state index contributed by atoms with van der Waals surface area (Å²) in [5, 5.41) is 0. The lowest BCUT2D eigenvalue weighted by atomic mass is 10.1. The minimum atomic E-state index is 0.0462. The fraction of sp³-hybridized carbons (Fsp3) is 0.250. The van der Waals surface area contributed by atoms with Crippen molar-refractivity contribution in [3.63, 3.8) is 0 Å². The maximum Gasteiger partial charge on any atom is 0.246 e. The van der Waals surface area contributed by atoms with Gasteiger partial charge in [0.05, 0.1) is 24.9 Å². The van der Waals surface area contributed by atoms with Crippen LogP contribution >= 0.6 is 11.3 Å². The predicted molar refractivity (Wildman–Crippen MR) is 83.3 cm³/mol. The van der Waals surface area contributed by atoms with E-state index in [1.54, 1.807) is 24.5 Å². The Hall–Kier alpha value is -2.14. The third-order valence-electron chi connectivity index (χ3n) is 3.52. The number of aromatic nitrogens is 1. The van der Waals surface area contributed by atoms with Gasteiger partial charge in [-0.15, -0.1) is 11.3 Å². The molecule has 0 saturated heterocycles. The van der Waals surface area contributed by atoms with Gasteiger partial charge in [-0.25, -0.2) is 4.98 Å². The van der Waals surface area contributed by atoms with Gasteiger partial charge in [-0.3, -0.25) is 4.79 Å². The number of nitrogens with zero attached hydrogens (tertiary/aromatic N) is 2. The molecular weight excluding hydrogens is 284 g/mol. The average molecular weight is 300 g/mol. The largest absolute Gasteiger partial charge is 0.497 e. The molecule has 0 unspecified atom stereocenters. The highest BCUT2D eigenvalue weighted by molar-refractivity contribution is 7.09. The molecule has 0 saturated carbocycles. The zero-order valence-electron chi connectivity index (χ0n) is 11.8. The van der Waals surface area contributed by atoms with Crippen LogP contribution in [0.25, 0.3) is 6.08 Å². The summed E-state index contributed by atoms with van der Waals surface area (Å²) in [7, 11) is 1.64. The van der Waals surface area contributed by atoms with Crippen LogP contribution in [0.5, 0.6) is 5.75 Å². The molecule has 1 aliphatic heterocycles. The average Bonchev–Trinajstić information content (AvgIpc) is 3.00. The van der Waals surface area contributed by atoms with E-state index in [4.69, 9.17) is 4.74 Å². The molecule has 4 nitrogen and oxygen atoms in total. The van der Waals surface area contributed by atoms with Crippen molar-refractivity contribution < 1.29 is 9.53 Å². The van der Waals surface area contributed by atoms with Crippen LogP contribution in [0.1, 0.15) is 16.1 Å². The molecule has 1 aliphatic rings. The summed E-state index contributed by atoms with van der Waals surface area (Å²) >= 11 is 1.62. The summed E-state index contributed by atoms with van der Waals surface area (Å²) in [4.78, 5) is 19.6. The van der Waals surface area contributed by atoms with Crippen molar-refractivity contribution in [3.8, 4) is 5.75 Å². The number of thiazole rings is 1. The Morgan fingerprint density at radius 2 is 2.19 bits per heavy atom. The number of hydrogen-bond acceptors (Lipinski definition) is 4. The summed E-state index contributed by atoms with van der Waals surface area (Å²) in [5.41, 5.74) is 3.98. The molecule has 0 spiro atoms. The second-order valence-corrected chi connectivity index (χ2v) is 5.78. The number of fused-ring (bicyclic) bond motifs is 1. The second kappa shape index (κ2) is 6.10. The van der Waals surface area contributed by atoms with E-state index < -0.39 is 0 Å². The summed E-state index contributed by atoms with van der Waals surface area (Å²) < 4.78 is 5.11. The van der Waals surface area contributed by atoms with E-state index in [1.807, 2.05) is 40.8 Å². The fourth-order valence-electron chi connectivity index (χ4n) is 2.30. The van der Waals surface area contributed by atoms with Gasteiger partial charge in [0.15, 0.2) is 0 Å². The van der Waals surface area contributed by atoms with Gasteiger partial charge in [0.1, 0.15) is 5.75 Å². The SMILES string of the molecule is COc1ccc(/C=C/C(=O)N2CCc3ncsc3C2)cc1. The van der Waals surface area contributed by atoms with Crippen molar-refractivity contribution >= 4 is 23.3 Å². The Labute approximate surface area is 127 Å². The van der Waals surface area contributed by atoms with Gasteiger partial charge in [0.25, 0.3) is 0 Å². The van der Waals surface area contributed by atoms with E-state index in [0.717, 1.165) is 30.0 Å². The summed E-state index contributed by atoms with van der Waals surface area (Å²) in [6.45, 7) is 1.41. The summed E-state index contributed by atoms with van der Waals surface area (Å²) in [6.07, 6.45) is 4.32. The van der Waals surface area contributed by atoms with Gasteiger partial charge in [-0.1, -0.05) is 12.1 Å². The summed E-state index contributed by atoms with van der Waals surface area (Å²) in [6, 6.07) is 7.63. The molecule has 0 fully saturated rings. The minimum Gasteiger partial charge on any atom is -0.497 e. The number of carbonyl (C=O) groups is 1. The Morgan fingerprint density at radius 1 is 1.38 bits per heavy atom. The molecule has 0 radical (unpaired) electrons. The van der Waals surface area contributed by atoms with Crippen LogP contribution < -0.4 is 4.74 Å². The van der Waals surface area contributed by atoms with E-state index in [2.05, 4.69) is 4.98 Å². The van der Waals surface area contributed by atoms with Crippen LogP contribution in [-0.4, -0.2) is 29.4 Å². The van der Waals surface area contributed by atoms with E-state index in [1.165, 1.54) is 4.88 Å². The molecule has 108 valence electrons. The molecule has 1 aromatic heterocycles. The number of methoxy groups -OCH3 is 1. The van der Waals surface area contributed by atoms with Crippen molar-refractivity contribution in [3.05, 3.63) is 52.0 Å². The van der Waals surface area contributed by atoms with Crippen LogP contribution in [0.2, 0.25) is 0 Å². The quantitative estimate of drug-likeness (QED) is 0.819. The van der Waals surface area contributed by atoms with Crippen molar-refractivity contribution in [2.75, 3.05) is 13.7 Å². The Balaban J connectivity index is 1.64. The molecule has 0 aliphatic carbocycles. The van der Waals surface area contributed by atoms with E-state index in [-0.39, 0.29) is 5.91 Å². The monoisotopic (exact) mass is 300 g/mol. The highest BCUT2D eigenvalue weighted by atomic mass is 32.1. The molecule has 2 heterocycles. The van der Waals surface area contributed by atoms with Gasteiger partial charge >= 0.3 is 0 Å². The highest BCUT2D eigenvalue weighted by Gasteiger charge is 2.20. The number of rotatable bonds is 3. The Kier molecular flexibility index (Phi) is 4.01. The van der Waals surface area contributed by atoms with E-state index in [0.29, 0.717) is 6.54 Å². The first-order valence-electron chi connectivity index (χ1n) is 6.78. The lowest BCUT2D eigenvalue weighted by Crippen LogP contribution is -2.34. The maximum absolute atomic E-state index is 12.2. The van der Waals surface area contributed by atoms with Crippen LogP contribution in [-0.2, 0) is 17.8 Å². The maximum atomic E-state index is 12.2. The molecule has 3 rings (SSSR count). The molecule has 0 N–H and O–H groups in total. The smallest absolute Gasteiger partial charge is 0.246 e. The molecule has 1 amide bonds. The lowest BCUT2D eigenvalue weighted by Gasteiger charge is -2.24. The molecular formula is C16H16N2O2S. The van der Waals surface area contributed by atoms with Crippen molar-refractivity contribution in [1.29, 1.82) is 0 Å². The Bertz CT molecular complexity index is 661. The third-order valence-corrected chi connectivity index (χ3v) is 4.38. The van der Waals surface area contributed by atoms with E-state index >= 15 is 0 Å². The summed E-state index contributed by atoms with van der Waals surface area (Å²) in [5.74, 6) is 0.858. The fourth-order valence-corrected chi connectivity index (χ4v) is 3.12. The molecule has 1 aromatic carbocycles. The molecule has 0 atom stereocenters. The molecule has 5 heteroatoms. The normalized spacial score (nSPS) is 14.2.